The molecular weight excluding hydrogens is 348 g/mol. The van der Waals surface area contributed by atoms with Crippen molar-refractivity contribution >= 4 is 27.5 Å². The van der Waals surface area contributed by atoms with E-state index < -0.39 is 10.0 Å². The van der Waals surface area contributed by atoms with Crippen LogP contribution in [0.2, 0.25) is 5.02 Å². The summed E-state index contributed by atoms with van der Waals surface area (Å²) in [5.41, 5.74) is 1.35. The summed E-state index contributed by atoms with van der Waals surface area (Å²) in [5.74, 6) is -0.192. The van der Waals surface area contributed by atoms with Crippen LogP contribution < -0.4 is 4.72 Å². The summed E-state index contributed by atoms with van der Waals surface area (Å²) in [6, 6.07) is 13.2. The number of carbonyl (C=O) groups is 1. The van der Waals surface area contributed by atoms with Gasteiger partial charge in [-0.05, 0) is 42.0 Å². The molecule has 0 radical (unpaired) electrons. The Morgan fingerprint density at radius 2 is 1.83 bits per heavy atom. The fraction of sp³-hybridized carbons (Fsp3) is 0.235. The number of nitrogens with zero attached hydrogens (tertiary/aromatic N) is 1. The number of rotatable bonds is 6. The standard InChI is InChI=1S/C17H19ClN2O3S/c1-3-19-24(22,23)16-9-7-14(8-10-16)17(21)20(2)12-13-5-4-6-15(18)11-13/h4-11,19H,3,12H2,1-2H3. The molecule has 0 bridgehead atoms. The van der Waals surface area contributed by atoms with Crippen LogP contribution in [0.3, 0.4) is 0 Å². The highest BCUT2D eigenvalue weighted by molar-refractivity contribution is 7.89. The van der Waals surface area contributed by atoms with E-state index in [0.717, 1.165) is 5.56 Å². The summed E-state index contributed by atoms with van der Waals surface area (Å²) in [7, 11) is -1.83. The molecule has 2 aromatic carbocycles. The zero-order valence-electron chi connectivity index (χ0n) is 13.5. The van der Waals surface area contributed by atoms with Gasteiger partial charge in [0.2, 0.25) is 10.0 Å². The van der Waals surface area contributed by atoms with Crippen molar-refractivity contribution in [2.75, 3.05) is 13.6 Å². The van der Waals surface area contributed by atoms with Gasteiger partial charge in [-0.25, -0.2) is 13.1 Å². The van der Waals surface area contributed by atoms with Gasteiger partial charge in [-0.3, -0.25) is 4.79 Å². The minimum atomic E-state index is -3.52. The maximum absolute atomic E-state index is 12.4. The van der Waals surface area contributed by atoms with E-state index in [2.05, 4.69) is 4.72 Å². The number of amides is 1. The number of sulfonamides is 1. The molecule has 0 fully saturated rings. The topological polar surface area (TPSA) is 66.5 Å². The smallest absolute Gasteiger partial charge is 0.253 e. The van der Waals surface area contributed by atoms with Gasteiger partial charge in [-0.2, -0.15) is 0 Å². The van der Waals surface area contributed by atoms with Crippen molar-refractivity contribution in [2.45, 2.75) is 18.4 Å². The van der Waals surface area contributed by atoms with E-state index in [1.54, 1.807) is 31.0 Å². The molecule has 5 nitrogen and oxygen atoms in total. The Balaban J connectivity index is 2.12. The zero-order valence-corrected chi connectivity index (χ0v) is 15.1. The lowest BCUT2D eigenvalue weighted by molar-refractivity contribution is 0.0785. The van der Waals surface area contributed by atoms with Gasteiger partial charge >= 0.3 is 0 Å². The second-order valence-corrected chi connectivity index (χ2v) is 7.52. The normalized spacial score (nSPS) is 11.3. The monoisotopic (exact) mass is 366 g/mol. The van der Waals surface area contributed by atoms with Crippen LogP contribution in [0.15, 0.2) is 53.4 Å². The molecule has 0 aliphatic heterocycles. The summed E-state index contributed by atoms with van der Waals surface area (Å²) in [6.45, 7) is 2.43. The molecule has 0 atom stereocenters. The molecule has 0 aliphatic carbocycles. The first kappa shape index (κ1) is 18.4. The van der Waals surface area contributed by atoms with E-state index in [9.17, 15) is 13.2 Å². The van der Waals surface area contributed by atoms with Gasteiger partial charge < -0.3 is 4.90 Å². The Morgan fingerprint density at radius 1 is 1.17 bits per heavy atom. The van der Waals surface area contributed by atoms with Crippen LogP contribution in [0, 0.1) is 0 Å². The van der Waals surface area contributed by atoms with E-state index in [-0.39, 0.29) is 10.8 Å². The molecule has 1 N–H and O–H groups in total. The van der Waals surface area contributed by atoms with Crippen molar-refractivity contribution in [2.24, 2.45) is 0 Å². The number of benzene rings is 2. The molecule has 2 rings (SSSR count). The third-order valence-corrected chi connectivity index (χ3v) is 5.20. The van der Waals surface area contributed by atoms with Crippen molar-refractivity contribution < 1.29 is 13.2 Å². The van der Waals surface area contributed by atoms with Crippen LogP contribution in [0.5, 0.6) is 0 Å². The molecule has 0 heterocycles. The lowest BCUT2D eigenvalue weighted by Gasteiger charge is -2.17. The summed E-state index contributed by atoms with van der Waals surface area (Å²) in [6.07, 6.45) is 0. The second-order valence-electron chi connectivity index (χ2n) is 5.32. The van der Waals surface area contributed by atoms with E-state index >= 15 is 0 Å². The Morgan fingerprint density at radius 3 is 2.42 bits per heavy atom. The number of halogens is 1. The molecule has 1 amide bonds. The second kappa shape index (κ2) is 7.79. The highest BCUT2D eigenvalue weighted by atomic mass is 35.5. The first-order valence-corrected chi connectivity index (χ1v) is 9.29. The fourth-order valence-electron chi connectivity index (χ4n) is 2.25. The summed E-state index contributed by atoms with van der Waals surface area (Å²) >= 11 is 5.94. The highest BCUT2D eigenvalue weighted by Gasteiger charge is 2.16. The Hall–Kier alpha value is -1.89. The quantitative estimate of drug-likeness (QED) is 0.854. The average Bonchev–Trinajstić information content (AvgIpc) is 2.54. The highest BCUT2D eigenvalue weighted by Crippen LogP contribution is 2.15. The Kier molecular flexibility index (Phi) is 5.99. The molecule has 128 valence electrons. The third kappa shape index (κ3) is 4.56. The van der Waals surface area contributed by atoms with Gasteiger partial charge in [0.25, 0.3) is 5.91 Å². The first-order chi connectivity index (χ1) is 11.3. The number of nitrogens with one attached hydrogen (secondary N) is 1. The SMILES string of the molecule is CCNS(=O)(=O)c1ccc(C(=O)N(C)Cc2cccc(Cl)c2)cc1. The van der Waals surface area contributed by atoms with Crippen molar-refractivity contribution in [1.29, 1.82) is 0 Å². The fourth-order valence-corrected chi connectivity index (χ4v) is 3.51. The number of hydrogen-bond acceptors (Lipinski definition) is 3. The molecule has 0 saturated carbocycles. The molecule has 0 spiro atoms. The number of carbonyl (C=O) groups excluding carboxylic acids is 1. The van der Waals surface area contributed by atoms with Crippen molar-refractivity contribution in [3.05, 3.63) is 64.7 Å². The summed E-state index contributed by atoms with van der Waals surface area (Å²) in [4.78, 5) is 14.1. The summed E-state index contributed by atoms with van der Waals surface area (Å²) in [5, 5.41) is 0.617. The minimum absolute atomic E-state index is 0.137. The minimum Gasteiger partial charge on any atom is -0.337 e. The van der Waals surface area contributed by atoms with Gasteiger partial charge in [0.1, 0.15) is 0 Å². The van der Waals surface area contributed by atoms with Crippen LogP contribution in [0.4, 0.5) is 0 Å². The maximum Gasteiger partial charge on any atom is 0.253 e. The van der Waals surface area contributed by atoms with Crippen LogP contribution in [-0.4, -0.2) is 32.8 Å². The molecule has 0 aliphatic rings. The van der Waals surface area contributed by atoms with Gasteiger partial charge in [0, 0.05) is 30.7 Å². The van der Waals surface area contributed by atoms with Crippen LogP contribution in [0.25, 0.3) is 0 Å². The molecule has 24 heavy (non-hydrogen) atoms. The van der Waals surface area contributed by atoms with Crippen LogP contribution in [0.1, 0.15) is 22.8 Å². The van der Waals surface area contributed by atoms with Crippen LogP contribution >= 0.6 is 11.6 Å². The zero-order chi connectivity index (χ0) is 17.7. The van der Waals surface area contributed by atoms with E-state index in [4.69, 9.17) is 11.6 Å². The van der Waals surface area contributed by atoms with E-state index in [1.165, 1.54) is 24.3 Å². The Bertz CT molecular complexity index is 820. The van der Waals surface area contributed by atoms with E-state index in [1.807, 2.05) is 12.1 Å². The largest absolute Gasteiger partial charge is 0.337 e. The lowest BCUT2D eigenvalue weighted by atomic mass is 10.1. The maximum atomic E-state index is 12.4. The predicted molar refractivity (Wildman–Crippen MR) is 94.6 cm³/mol. The van der Waals surface area contributed by atoms with Crippen molar-refractivity contribution in [3.63, 3.8) is 0 Å². The Labute approximate surface area is 147 Å². The van der Waals surface area contributed by atoms with Crippen molar-refractivity contribution in [1.82, 2.24) is 9.62 Å². The third-order valence-electron chi connectivity index (χ3n) is 3.40. The lowest BCUT2D eigenvalue weighted by Crippen LogP contribution is -2.26. The molecule has 0 saturated heterocycles. The number of hydrogen-bond donors (Lipinski definition) is 1. The first-order valence-electron chi connectivity index (χ1n) is 7.43. The van der Waals surface area contributed by atoms with Gasteiger partial charge in [-0.1, -0.05) is 30.7 Å². The molecule has 0 aromatic heterocycles. The summed E-state index contributed by atoms with van der Waals surface area (Å²) < 4.78 is 26.2. The van der Waals surface area contributed by atoms with Crippen molar-refractivity contribution in [3.8, 4) is 0 Å². The molecular formula is C17H19ClN2O3S. The van der Waals surface area contributed by atoms with Gasteiger partial charge in [0.15, 0.2) is 0 Å². The molecule has 7 heteroatoms. The predicted octanol–water partition coefficient (Wildman–Crippen LogP) is 2.91. The van der Waals surface area contributed by atoms with Gasteiger partial charge in [0.05, 0.1) is 4.90 Å². The molecule has 0 unspecified atom stereocenters. The average molecular weight is 367 g/mol. The van der Waals surface area contributed by atoms with Gasteiger partial charge in [-0.15, -0.1) is 0 Å². The van der Waals surface area contributed by atoms with Crippen LogP contribution in [-0.2, 0) is 16.6 Å². The van der Waals surface area contributed by atoms with E-state index in [0.29, 0.717) is 23.7 Å². The molecule has 2 aromatic rings.